The summed E-state index contributed by atoms with van der Waals surface area (Å²) < 4.78 is 16.9. The third-order valence-corrected chi connectivity index (χ3v) is 13.8. The van der Waals surface area contributed by atoms with Crippen LogP contribution in [0.1, 0.15) is 330 Å². The van der Waals surface area contributed by atoms with E-state index in [1.165, 1.54) is 218 Å². The van der Waals surface area contributed by atoms with Crippen molar-refractivity contribution in [3.05, 3.63) is 0 Å². The van der Waals surface area contributed by atoms with Gasteiger partial charge in [-0.15, -0.1) is 0 Å². The average Bonchev–Trinajstić information content (AvgIpc) is 3.29. The van der Waals surface area contributed by atoms with Crippen LogP contribution in [0.15, 0.2) is 0 Å². The minimum atomic E-state index is -0.763. The second kappa shape index (κ2) is 51.8. The van der Waals surface area contributed by atoms with Crippen molar-refractivity contribution in [1.29, 1.82) is 0 Å². The zero-order chi connectivity index (χ0) is 47.5. The smallest absolute Gasteiger partial charge is 0.306 e. The van der Waals surface area contributed by atoms with Gasteiger partial charge in [-0.25, -0.2) is 0 Å². The molecule has 386 valence electrons. The third-order valence-electron chi connectivity index (χ3n) is 13.8. The number of carbonyl (C=O) groups excluding carboxylic acids is 3. The van der Waals surface area contributed by atoms with Gasteiger partial charge in [0.25, 0.3) is 0 Å². The van der Waals surface area contributed by atoms with Crippen LogP contribution in [0, 0.1) is 11.8 Å². The van der Waals surface area contributed by atoms with Gasteiger partial charge in [0.15, 0.2) is 6.10 Å². The molecule has 1 unspecified atom stereocenters. The molecule has 0 radical (unpaired) electrons. The lowest BCUT2D eigenvalue weighted by Gasteiger charge is -2.18. The normalized spacial score (nSPS) is 12.5. The molecule has 6 heteroatoms. The van der Waals surface area contributed by atoms with Crippen molar-refractivity contribution in [3.63, 3.8) is 0 Å². The van der Waals surface area contributed by atoms with Gasteiger partial charge in [0, 0.05) is 19.3 Å². The van der Waals surface area contributed by atoms with Crippen molar-refractivity contribution in [2.75, 3.05) is 13.2 Å². The number of ether oxygens (including phenoxy) is 3. The molecule has 0 aliphatic heterocycles. The number of rotatable bonds is 53. The van der Waals surface area contributed by atoms with Crippen molar-refractivity contribution >= 4 is 17.9 Å². The number of unbranched alkanes of at least 4 members (excludes halogenated alkanes) is 37. The van der Waals surface area contributed by atoms with Gasteiger partial charge in [0.2, 0.25) is 0 Å². The van der Waals surface area contributed by atoms with Crippen molar-refractivity contribution in [3.8, 4) is 0 Å². The van der Waals surface area contributed by atoms with E-state index in [1.807, 2.05) is 0 Å². The lowest BCUT2D eigenvalue weighted by atomic mass is 9.99. The summed E-state index contributed by atoms with van der Waals surface area (Å²) in [5, 5.41) is 0. The maximum absolute atomic E-state index is 12.8. The fraction of sp³-hybridized carbons (Fsp3) is 0.949. The van der Waals surface area contributed by atoms with Crippen molar-refractivity contribution in [1.82, 2.24) is 0 Å². The van der Waals surface area contributed by atoms with Gasteiger partial charge in [-0.1, -0.05) is 291 Å². The number of carbonyl (C=O) groups is 3. The van der Waals surface area contributed by atoms with Crippen LogP contribution < -0.4 is 0 Å². The molecule has 0 spiro atoms. The van der Waals surface area contributed by atoms with E-state index < -0.39 is 6.10 Å². The first kappa shape index (κ1) is 63.4. The van der Waals surface area contributed by atoms with Crippen LogP contribution in [0.4, 0.5) is 0 Å². The quantitative estimate of drug-likeness (QED) is 0.0344. The molecule has 0 aliphatic rings. The molecule has 0 N–H and O–H groups in total. The number of esters is 3. The highest BCUT2D eigenvalue weighted by Gasteiger charge is 2.19. The van der Waals surface area contributed by atoms with Crippen LogP contribution >= 0.6 is 0 Å². The Kier molecular flexibility index (Phi) is 50.5. The molecule has 2 atom stereocenters. The summed E-state index contributed by atoms with van der Waals surface area (Å²) in [6.07, 6.45) is 55.1. The van der Waals surface area contributed by atoms with Crippen LogP contribution in [-0.4, -0.2) is 37.2 Å². The zero-order valence-electron chi connectivity index (χ0n) is 44.6. The van der Waals surface area contributed by atoms with E-state index in [0.29, 0.717) is 19.3 Å². The molecule has 0 saturated carbocycles. The van der Waals surface area contributed by atoms with Crippen molar-refractivity contribution in [2.24, 2.45) is 11.8 Å². The van der Waals surface area contributed by atoms with E-state index in [0.717, 1.165) is 69.6 Å². The Balaban J connectivity index is 4.30. The first-order chi connectivity index (χ1) is 31.8. The highest BCUT2D eigenvalue weighted by atomic mass is 16.6. The first-order valence-corrected chi connectivity index (χ1v) is 29.3. The highest BCUT2D eigenvalue weighted by Crippen LogP contribution is 2.19. The molecule has 0 aromatic carbocycles. The van der Waals surface area contributed by atoms with Crippen LogP contribution in [0.25, 0.3) is 0 Å². The van der Waals surface area contributed by atoms with Crippen molar-refractivity contribution < 1.29 is 28.6 Å². The molecule has 0 fully saturated rings. The second-order valence-electron chi connectivity index (χ2n) is 21.0. The minimum absolute atomic E-state index is 0.0628. The van der Waals surface area contributed by atoms with Crippen LogP contribution in [0.3, 0.4) is 0 Å². The van der Waals surface area contributed by atoms with E-state index >= 15 is 0 Å². The second-order valence-corrected chi connectivity index (χ2v) is 21.0. The van der Waals surface area contributed by atoms with Crippen molar-refractivity contribution in [2.45, 2.75) is 336 Å². The molecular weight excluding hydrogens is 805 g/mol. The molecule has 6 nitrogen and oxygen atoms in total. The summed E-state index contributed by atoms with van der Waals surface area (Å²) in [6, 6.07) is 0. The standard InChI is InChI=1S/C59H114O6/c1-6-8-9-10-11-12-13-14-15-16-17-20-23-29-34-39-44-49-57(60)63-52-56(65-59(62)51-46-41-36-31-26-25-28-33-38-43-48-55(5)7-2)53-64-58(61)50-45-40-35-30-24-21-18-19-22-27-32-37-42-47-54(3)4/h54-56H,6-53H2,1-5H3/t55?,56-/m1/s1. The Bertz CT molecular complexity index is 995. The fourth-order valence-corrected chi connectivity index (χ4v) is 9.02. The molecule has 0 aliphatic carbocycles. The molecule has 0 rings (SSSR count). The largest absolute Gasteiger partial charge is 0.462 e. The van der Waals surface area contributed by atoms with E-state index in [9.17, 15) is 14.4 Å². The summed E-state index contributed by atoms with van der Waals surface area (Å²) in [7, 11) is 0. The molecule has 65 heavy (non-hydrogen) atoms. The zero-order valence-corrected chi connectivity index (χ0v) is 44.6. The van der Waals surface area contributed by atoms with Gasteiger partial charge in [-0.2, -0.15) is 0 Å². The predicted molar refractivity (Wildman–Crippen MR) is 280 cm³/mol. The van der Waals surface area contributed by atoms with E-state index in [2.05, 4.69) is 34.6 Å². The third kappa shape index (κ3) is 51.6. The highest BCUT2D eigenvalue weighted by molar-refractivity contribution is 5.71. The summed E-state index contributed by atoms with van der Waals surface area (Å²) >= 11 is 0. The number of hydrogen-bond donors (Lipinski definition) is 0. The predicted octanol–water partition coefficient (Wildman–Crippen LogP) is 19.3. The van der Waals surface area contributed by atoms with E-state index in [1.54, 1.807) is 0 Å². The van der Waals surface area contributed by atoms with E-state index in [4.69, 9.17) is 14.2 Å². The number of hydrogen-bond acceptors (Lipinski definition) is 6. The van der Waals surface area contributed by atoms with E-state index in [-0.39, 0.29) is 31.1 Å². The average molecular weight is 920 g/mol. The molecule has 0 saturated heterocycles. The van der Waals surface area contributed by atoms with Gasteiger partial charge < -0.3 is 14.2 Å². The minimum Gasteiger partial charge on any atom is -0.462 e. The Morgan fingerprint density at radius 2 is 0.585 bits per heavy atom. The lowest BCUT2D eigenvalue weighted by Crippen LogP contribution is -2.30. The molecule has 0 aromatic heterocycles. The first-order valence-electron chi connectivity index (χ1n) is 29.3. The van der Waals surface area contributed by atoms with Crippen LogP contribution in [0.5, 0.6) is 0 Å². The van der Waals surface area contributed by atoms with Gasteiger partial charge in [0.05, 0.1) is 0 Å². The van der Waals surface area contributed by atoms with Crippen LogP contribution in [-0.2, 0) is 28.6 Å². The summed E-state index contributed by atoms with van der Waals surface area (Å²) in [5.41, 5.74) is 0. The molecule has 0 bridgehead atoms. The molecular formula is C59H114O6. The van der Waals surface area contributed by atoms with Gasteiger partial charge in [0.1, 0.15) is 13.2 Å². The lowest BCUT2D eigenvalue weighted by molar-refractivity contribution is -0.167. The topological polar surface area (TPSA) is 78.9 Å². The Hall–Kier alpha value is -1.59. The van der Waals surface area contributed by atoms with Gasteiger partial charge in [-0.05, 0) is 31.1 Å². The molecule has 0 amide bonds. The maximum Gasteiger partial charge on any atom is 0.306 e. The maximum atomic E-state index is 12.8. The molecule has 0 heterocycles. The fourth-order valence-electron chi connectivity index (χ4n) is 9.02. The Morgan fingerprint density at radius 3 is 0.877 bits per heavy atom. The SMILES string of the molecule is CCCCCCCCCCCCCCCCCCCC(=O)OC[C@H](COC(=O)CCCCCCCCCCCCCCCC(C)C)OC(=O)CCCCCCCCCCCCC(C)CC. The van der Waals surface area contributed by atoms with Gasteiger partial charge >= 0.3 is 17.9 Å². The van der Waals surface area contributed by atoms with Gasteiger partial charge in [-0.3, -0.25) is 14.4 Å². The summed E-state index contributed by atoms with van der Waals surface area (Å²) in [6.45, 7) is 11.4. The summed E-state index contributed by atoms with van der Waals surface area (Å²) in [5.74, 6) is 0.868. The molecule has 0 aromatic rings. The Morgan fingerprint density at radius 1 is 0.323 bits per heavy atom. The summed E-state index contributed by atoms with van der Waals surface area (Å²) in [4.78, 5) is 38.2. The van der Waals surface area contributed by atoms with Crippen LogP contribution in [0.2, 0.25) is 0 Å². The Labute approximate surface area is 406 Å². The monoisotopic (exact) mass is 919 g/mol.